The van der Waals surface area contributed by atoms with Crippen LogP contribution in [0.25, 0.3) is 0 Å². The van der Waals surface area contributed by atoms with Crippen molar-refractivity contribution < 1.29 is 27.8 Å². The molecular weight excluding hydrogens is 430 g/mol. The number of hydrogen-bond donors (Lipinski definition) is 2. The summed E-state index contributed by atoms with van der Waals surface area (Å²) in [6, 6.07) is 12.6. The molecule has 0 aliphatic heterocycles. The SMILES string of the molecule is CCNCC.CCOc1ccc(CC(C)(C(=O)O)S(=O)(=O)c2ccc(OCC)cc2)cc1. The minimum atomic E-state index is -4.14. The Labute approximate surface area is 191 Å². The lowest BCUT2D eigenvalue weighted by molar-refractivity contribution is -0.139. The number of carboxylic acid groups (broad SMARTS) is 1. The number of carbonyl (C=O) groups is 1. The van der Waals surface area contributed by atoms with Gasteiger partial charge in [0, 0.05) is 6.42 Å². The van der Waals surface area contributed by atoms with E-state index in [1.807, 2.05) is 13.8 Å². The third-order valence-corrected chi connectivity index (χ3v) is 7.16. The number of benzene rings is 2. The van der Waals surface area contributed by atoms with Crippen molar-refractivity contribution in [2.45, 2.75) is 50.7 Å². The van der Waals surface area contributed by atoms with E-state index < -0.39 is 20.6 Å². The number of aliphatic carboxylic acids is 1. The summed E-state index contributed by atoms with van der Waals surface area (Å²) in [6.07, 6.45) is -0.162. The Kier molecular flexibility index (Phi) is 11.2. The van der Waals surface area contributed by atoms with Gasteiger partial charge in [-0.3, -0.25) is 4.79 Å². The molecule has 1 atom stereocenters. The van der Waals surface area contributed by atoms with E-state index in [0.29, 0.717) is 30.3 Å². The van der Waals surface area contributed by atoms with Crippen LogP contribution in [0.5, 0.6) is 11.5 Å². The van der Waals surface area contributed by atoms with Crippen molar-refractivity contribution in [3.8, 4) is 11.5 Å². The smallest absolute Gasteiger partial charge is 0.325 e. The fourth-order valence-electron chi connectivity index (χ4n) is 2.94. The molecule has 0 bridgehead atoms. The van der Waals surface area contributed by atoms with E-state index in [2.05, 4.69) is 19.2 Å². The summed E-state index contributed by atoms with van der Waals surface area (Å²) in [4.78, 5) is 11.9. The van der Waals surface area contributed by atoms with Gasteiger partial charge in [0.25, 0.3) is 0 Å². The van der Waals surface area contributed by atoms with Gasteiger partial charge in [-0.2, -0.15) is 0 Å². The molecule has 0 aliphatic rings. The van der Waals surface area contributed by atoms with Crippen molar-refractivity contribution in [2.24, 2.45) is 0 Å². The Hall–Kier alpha value is -2.58. The molecule has 0 spiro atoms. The molecule has 0 saturated carbocycles. The maximum absolute atomic E-state index is 13.1. The van der Waals surface area contributed by atoms with Gasteiger partial charge in [0.2, 0.25) is 0 Å². The zero-order valence-electron chi connectivity index (χ0n) is 19.6. The Bertz CT molecular complexity index is 924. The van der Waals surface area contributed by atoms with E-state index in [9.17, 15) is 18.3 Å². The Morgan fingerprint density at radius 2 is 1.31 bits per heavy atom. The first-order chi connectivity index (χ1) is 15.2. The van der Waals surface area contributed by atoms with Crippen LogP contribution in [0.3, 0.4) is 0 Å². The molecule has 178 valence electrons. The third-order valence-electron chi connectivity index (χ3n) is 4.77. The van der Waals surface area contributed by atoms with Gasteiger partial charge in [-0.25, -0.2) is 8.42 Å². The minimum Gasteiger partial charge on any atom is -0.494 e. The minimum absolute atomic E-state index is 0.0539. The van der Waals surface area contributed by atoms with Crippen molar-refractivity contribution in [2.75, 3.05) is 26.3 Å². The van der Waals surface area contributed by atoms with Crippen LogP contribution in [0, 0.1) is 0 Å². The van der Waals surface area contributed by atoms with Crippen LogP contribution in [0.2, 0.25) is 0 Å². The number of carboxylic acids is 1. The number of rotatable bonds is 11. The van der Waals surface area contributed by atoms with Crippen molar-refractivity contribution in [3.05, 3.63) is 54.1 Å². The summed E-state index contributed by atoms with van der Waals surface area (Å²) in [5.41, 5.74) is 0.595. The maximum atomic E-state index is 13.1. The molecule has 0 heterocycles. The summed E-state index contributed by atoms with van der Waals surface area (Å²) >= 11 is 0. The number of hydrogen-bond acceptors (Lipinski definition) is 6. The molecule has 0 aromatic heterocycles. The van der Waals surface area contributed by atoms with Crippen molar-refractivity contribution in [1.29, 1.82) is 0 Å². The van der Waals surface area contributed by atoms with Gasteiger partial charge in [-0.15, -0.1) is 0 Å². The summed E-state index contributed by atoms with van der Waals surface area (Å²) < 4.78 is 34.8. The molecule has 2 rings (SSSR count). The molecule has 32 heavy (non-hydrogen) atoms. The first-order valence-corrected chi connectivity index (χ1v) is 12.3. The number of sulfone groups is 1. The molecule has 0 aliphatic carbocycles. The van der Waals surface area contributed by atoms with Crippen LogP contribution in [0.4, 0.5) is 0 Å². The van der Waals surface area contributed by atoms with E-state index in [4.69, 9.17) is 9.47 Å². The van der Waals surface area contributed by atoms with Gasteiger partial charge in [-0.05, 0) is 75.8 Å². The zero-order chi connectivity index (χ0) is 24.2. The molecule has 2 N–H and O–H groups in total. The predicted octanol–water partition coefficient (Wildman–Crippen LogP) is 3.96. The average Bonchev–Trinajstić information content (AvgIpc) is 2.76. The number of ether oxygens (including phenoxy) is 2. The van der Waals surface area contributed by atoms with Crippen molar-refractivity contribution >= 4 is 15.8 Å². The van der Waals surface area contributed by atoms with Crippen molar-refractivity contribution in [1.82, 2.24) is 5.32 Å². The maximum Gasteiger partial charge on any atom is 0.325 e. The van der Waals surface area contributed by atoms with Crippen LogP contribution in [0.15, 0.2) is 53.4 Å². The number of nitrogens with one attached hydrogen (secondary N) is 1. The fraction of sp³-hybridized carbons (Fsp3) is 0.458. The van der Waals surface area contributed by atoms with Gasteiger partial charge in [-0.1, -0.05) is 26.0 Å². The fourth-order valence-corrected chi connectivity index (χ4v) is 4.54. The van der Waals surface area contributed by atoms with Gasteiger partial charge in [0.05, 0.1) is 18.1 Å². The Morgan fingerprint density at radius 1 is 0.875 bits per heavy atom. The van der Waals surface area contributed by atoms with Gasteiger partial charge in [0.15, 0.2) is 14.6 Å². The zero-order valence-corrected chi connectivity index (χ0v) is 20.4. The Balaban J connectivity index is 0.000000920. The first-order valence-electron chi connectivity index (χ1n) is 10.8. The highest BCUT2D eigenvalue weighted by Gasteiger charge is 2.47. The molecule has 0 amide bonds. The lowest BCUT2D eigenvalue weighted by Gasteiger charge is -2.25. The lowest BCUT2D eigenvalue weighted by Crippen LogP contribution is -2.45. The average molecular weight is 466 g/mol. The quantitative estimate of drug-likeness (QED) is 0.518. The first kappa shape index (κ1) is 27.5. The standard InChI is InChI=1S/C20H24O6S.C4H11N/c1-4-25-16-8-6-15(7-9-16)14-20(3,19(21)22)27(23,24)18-12-10-17(11-13-18)26-5-2;1-3-5-4-2/h6-13H,4-5,14H2,1-3H3,(H,21,22);5H,3-4H2,1-2H3. The molecule has 0 saturated heterocycles. The van der Waals surface area contributed by atoms with E-state index >= 15 is 0 Å². The van der Waals surface area contributed by atoms with Crippen molar-refractivity contribution in [3.63, 3.8) is 0 Å². The molecule has 2 aromatic rings. The topological polar surface area (TPSA) is 102 Å². The molecule has 0 fully saturated rings. The monoisotopic (exact) mass is 465 g/mol. The summed E-state index contributed by atoms with van der Waals surface area (Å²) in [7, 11) is -4.14. The molecule has 1 unspecified atom stereocenters. The second kappa shape index (κ2) is 13.1. The Morgan fingerprint density at radius 3 is 1.66 bits per heavy atom. The highest BCUT2D eigenvalue weighted by Crippen LogP contribution is 2.31. The third kappa shape index (κ3) is 7.24. The van der Waals surface area contributed by atoms with E-state index in [0.717, 1.165) is 13.1 Å². The summed E-state index contributed by atoms with van der Waals surface area (Å²) in [5.74, 6) is -0.224. The van der Waals surface area contributed by atoms with E-state index in [-0.39, 0.29) is 11.3 Å². The lowest BCUT2D eigenvalue weighted by atomic mass is 10.0. The van der Waals surface area contributed by atoms with Crippen LogP contribution in [0.1, 0.15) is 40.2 Å². The van der Waals surface area contributed by atoms with Crippen LogP contribution < -0.4 is 14.8 Å². The van der Waals surface area contributed by atoms with E-state index in [1.54, 1.807) is 24.3 Å². The molecule has 0 radical (unpaired) electrons. The highest BCUT2D eigenvalue weighted by atomic mass is 32.2. The molecule has 8 heteroatoms. The van der Waals surface area contributed by atoms with Gasteiger partial charge in [0.1, 0.15) is 11.5 Å². The normalized spacial score (nSPS) is 12.8. The molecule has 2 aromatic carbocycles. The van der Waals surface area contributed by atoms with Crippen LogP contribution in [-0.4, -0.2) is 50.5 Å². The highest BCUT2D eigenvalue weighted by molar-refractivity contribution is 7.93. The second-order valence-corrected chi connectivity index (χ2v) is 9.53. The van der Waals surface area contributed by atoms with E-state index in [1.165, 1.54) is 31.2 Å². The molecular formula is C24H35NO6S. The van der Waals surface area contributed by atoms with Gasteiger partial charge < -0.3 is 19.9 Å². The second-order valence-electron chi connectivity index (χ2n) is 7.15. The summed E-state index contributed by atoms with van der Waals surface area (Å²) in [5, 5.41) is 12.9. The summed E-state index contributed by atoms with van der Waals surface area (Å²) in [6.45, 7) is 12.3. The van der Waals surface area contributed by atoms with Gasteiger partial charge >= 0.3 is 5.97 Å². The van der Waals surface area contributed by atoms with Crippen LogP contribution >= 0.6 is 0 Å². The van der Waals surface area contributed by atoms with Crippen LogP contribution in [-0.2, 0) is 21.1 Å². The molecule has 7 nitrogen and oxygen atoms in total. The largest absolute Gasteiger partial charge is 0.494 e. The predicted molar refractivity (Wildman–Crippen MR) is 126 cm³/mol.